The van der Waals surface area contributed by atoms with Crippen LogP contribution >= 0.6 is 0 Å². The maximum atomic E-state index is 4.30. The molecule has 0 spiro atoms. The van der Waals surface area contributed by atoms with E-state index in [9.17, 15) is 0 Å². The van der Waals surface area contributed by atoms with Gasteiger partial charge in [0.2, 0.25) is 0 Å². The Hall–Kier alpha value is -1.88. The Kier molecular flexibility index (Phi) is 3.23. The van der Waals surface area contributed by atoms with Crippen LogP contribution < -0.4 is 10.6 Å². The number of hydrogen-bond acceptors (Lipinski definition) is 4. The van der Waals surface area contributed by atoms with Gasteiger partial charge in [-0.15, -0.1) is 0 Å². The molecule has 0 bridgehead atoms. The molecule has 5 heteroatoms. The minimum Gasteiger partial charge on any atom is -0.366 e. The standard InChI is InChI=1S/C13H17N5/c1-2-6-15-11(3-1)12-9-13(18-17-12)16-10-4-7-14-8-5-10/h1-3,6,9-10,14H,4-5,7-8H2,(H2,16,17,18). The third-order valence-electron chi connectivity index (χ3n) is 3.21. The summed E-state index contributed by atoms with van der Waals surface area (Å²) in [6.07, 6.45) is 4.08. The molecule has 3 heterocycles. The van der Waals surface area contributed by atoms with E-state index in [-0.39, 0.29) is 0 Å². The SMILES string of the molecule is c1ccc(-c2cc(NC3CCNCC3)n[nH]2)nc1. The first kappa shape index (κ1) is 11.2. The summed E-state index contributed by atoms with van der Waals surface area (Å²) >= 11 is 0. The van der Waals surface area contributed by atoms with Gasteiger partial charge in [0.05, 0.1) is 11.4 Å². The molecule has 0 saturated carbocycles. The fraction of sp³-hybridized carbons (Fsp3) is 0.385. The quantitative estimate of drug-likeness (QED) is 0.766. The number of rotatable bonds is 3. The van der Waals surface area contributed by atoms with Gasteiger partial charge in [0, 0.05) is 18.3 Å². The van der Waals surface area contributed by atoms with Gasteiger partial charge in [0.1, 0.15) is 5.82 Å². The number of H-pyrrole nitrogens is 1. The van der Waals surface area contributed by atoms with Crippen LogP contribution in [0.2, 0.25) is 0 Å². The van der Waals surface area contributed by atoms with E-state index in [2.05, 4.69) is 25.8 Å². The number of anilines is 1. The third-order valence-corrected chi connectivity index (χ3v) is 3.21. The van der Waals surface area contributed by atoms with Gasteiger partial charge in [-0.25, -0.2) is 0 Å². The maximum Gasteiger partial charge on any atom is 0.148 e. The van der Waals surface area contributed by atoms with Crippen molar-refractivity contribution in [3.63, 3.8) is 0 Å². The Morgan fingerprint density at radius 3 is 2.89 bits per heavy atom. The van der Waals surface area contributed by atoms with Crippen LogP contribution in [0.3, 0.4) is 0 Å². The minimum absolute atomic E-state index is 0.520. The highest BCUT2D eigenvalue weighted by Crippen LogP contribution is 2.18. The minimum atomic E-state index is 0.520. The van der Waals surface area contributed by atoms with Crippen molar-refractivity contribution in [2.75, 3.05) is 18.4 Å². The van der Waals surface area contributed by atoms with Crippen molar-refractivity contribution in [3.05, 3.63) is 30.5 Å². The lowest BCUT2D eigenvalue weighted by atomic mass is 10.1. The molecule has 1 saturated heterocycles. The van der Waals surface area contributed by atoms with Gasteiger partial charge in [0.15, 0.2) is 0 Å². The molecule has 3 rings (SSSR count). The molecule has 18 heavy (non-hydrogen) atoms. The van der Waals surface area contributed by atoms with E-state index in [0.29, 0.717) is 6.04 Å². The van der Waals surface area contributed by atoms with Gasteiger partial charge in [-0.2, -0.15) is 5.10 Å². The Balaban J connectivity index is 1.69. The van der Waals surface area contributed by atoms with Gasteiger partial charge in [-0.1, -0.05) is 6.07 Å². The molecule has 5 nitrogen and oxygen atoms in total. The van der Waals surface area contributed by atoms with Crippen molar-refractivity contribution >= 4 is 5.82 Å². The molecular weight excluding hydrogens is 226 g/mol. The predicted molar refractivity (Wildman–Crippen MR) is 71.3 cm³/mol. The molecule has 1 aliphatic heterocycles. The second-order valence-corrected chi connectivity index (χ2v) is 4.55. The summed E-state index contributed by atoms with van der Waals surface area (Å²) in [4.78, 5) is 4.30. The molecule has 0 aliphatic carbocycles. The lowest BCUT2D eigenvalue weighted by Gasteiger charge is -2.23. The van der Waals surface area contributed by atoms with Crippen LogP contribution in [-0.2, 0) is 0 Å². The summed E-state index contributed by atoms with van der Waals surface area (Å²) < 4.78 is 0. The Bertz CT molecular complexity index is 487. The van der Waals surface area contributed by atoms with E-state index in [4.69, 9.17) is 0 Å². The zero-order chi connectivity index (χ0) is 12.2. The summed E-state index contributed by atoms with van der Waals surface area (Å²) in [7, 11) is 0. The van der Waals surface area contributed by atoms with E-state index in [1.165, 1.54) is 0 Å². The molecule has 2 aromatic heterocycles. The van der Waals surface area contributed by atoms with E-state index in [1.54, 1.807) is 6.20 Å². The predicted octanol–water partition coefficient (Wildman–Crippen LogP) is 1.64. The number of aromatic nitrogens is 3. The highest BCUT2D eigenvalue weighted by atomic mass is 15.2. The topological polar surface area (TPSA) is 65.6 Å². The van der Waals surface area contributed by atoms with Crippen LogP contribution in [0.15, 0.2) is 30.5 Å². The molecule has 0 aromatic carbocycles. The highest BCUT2D eigenvalue weighted by molar-refractivity contribution is 5.58. The lowest BCUT2D eigenvalue weighted by Crippen LogP contribution is -2.35. The molecule has 94 valence electrons. The van der Waals surface area contributed by atoms with Crippen LogP contribution in [0.4, 0.5) is 5.82 Å². The first-order valence-corrected chi connectivity index (χ1v) is 6.36. The first-order valence-electron chi connectivity index (χ1n) is 6.36. The maximum absolute atomic E-state index is 4.30. The van der Waals surface area contributed by atoms with Gasteiger partial charge in [-0.3, -0.25) is 10.1 Å². The van der Waals surface area contributed by atoms with E-state index in [0.717, 1.165) is 43.1 Å². The lowest BCUT2D eigenvalue weighted by molar-refractivity contribution is 0.478. The van der Waals surface area contributed by atoms with Crippen LogP contribution in [0.5, 0.6) is 0 Å². The third kappa shape index (κ3) is 2.51. The zero-order valence-electron chi connectivity index (χ0n) is 10.2. The zero-order valence-corrected chi connectivity index (χ0v) is 10.2. The van der Waals surface area contributed by atoms with Gasteiger partial charge in [0.25, 0.3) is 0 Å². The Morgan fingerprint density at radius 1 is 1.22 bits per heavy atom. The molecule has 0 unspecified atom stereocenters. The summed E-state index contributed by atoms with van der Waals surface area (Å²) in [5.41, 5.74) is 1.87. The van der Waals surface area contributed by atoms with Crippen molar-refractivity contribution in [2.45, 2.75) is 18.9 Å². The van der Waals surface area contributed by atoms with Crippen molar-refractivity contribution in [1.82, 2.24) is 20.5 Å². The van der Waals surface area contributed by atoms with E-state index < -0.39 is 0 Å². The molecule has 0 radical (unpaired) electrons. The summed E-state index contributed by atoms with van der Waals surface area (Å²) in [6, 6.07) is 8.40. The number of nitrogens with one attached hydrogen (secondary N) is 3. The number of hydrogen-bond donors (Lipinski definition) is 3. The molecule has 2 aromatic rings. The monoisotopic (exact) mass is 243 g/mol. The van der Waals surface area contributed by atoms with Crippen LogP contribution in [0.1, 0.15) is 12.8 Å². The van der Waals surface area contributed by atoms with Crippen LogP contribution in [0, 0.1) is 0 Å². The molecular formula is C13H17N5. The Labute approximate surface area is 106 Å². The normalized spacial score (nSPS) is 16.7. The number of pyridine rings is 1. The average molecular weight is 243 g/mol. The number of piperidine rings is 1. The van der Waals surface area contributed by atoms with Crippen LogP contribution in [0.25, 0.3) is 11.4 Å². The summed E-state index contributed by atoms with van der Waals surface area (Å²) in [5.74, 6) is 0.905. The number of nitrogens with zero attached hydrogens (tertiary/aromatic N) is 2. The largest absolute Gasteiger partial charge is 0.366 e. The molecule has 1 aliphatic rings. The summed E-state index contributed by atoms with van der Waals surface area (Å²) in [6.45, 7) is 2.16. The second kappa shape index (κ2) is 5.18. The van der Waals surface area contributed by atoms with Gasteiger partial charge >= 0.3 is 0 Å². The van der Waals surface area contributed by atoms with Crippen molar-refractivity contribution < 1.29 is 0 Å². The van der Waals surface area contributed by atoms with Crippen molar-refractivity contribution in [2.24, 2.45) is 0 Å². The van der Waals surface area contributed by atoms with Crippen molar-refractivity contribution in [3.8, 4) is 11.4 Å². The van der Waals surface area contributed by atoms with Crippen molar-refractivity contribution in [1.29, 1.82) is 0 Å². The van der Waals surface area contributed by atoms with Gasteiger partial charge in [-0.05, 0) is 38.1 Å². The summed E-state index contributed by atoms with van der Waals surface area (Å²) in [5, 5.41) is 14.1. The van der Waals surface area contributed by atoms with Crippen LogP contribution in [-0.4, -0.2) is 34.3 Å². The Morgan fingerprint density at radius 2 is 2.11 bits per heavy atom. The molecule has 0 atom stereocenters. The fourth-order valence-corrected chi connectivity index (χ4v) is 2.22. The highest BCUT2D eigenvalue weighted by Gasteiger charge is 2.14. The van der Waals surface area contributed by atoms with Gasteiger partial charge < -0.3 is 10.6 Å². The average Bonchev–Trinajstić information content (AvgIpc) is 2.89. The second-order valence-electron chi connectivity index (χ2n) is 4.55. The smallest absolute Gasteiger partial charge is 0.148 e. The van der Waals surface area contributed by atoms with E-state index in [1.807, 2.05) is 24.3 Å². The first-order chi connectivity index (χ1) is 8.92. The molecule has 3 N–H and O–H groups in total. The van der Waals surface area contributed by atoms with E-state index >= 15 is 0 Å². The number of aromatic amines is 1. The molecule has 0 amide bonds. The fourth-order valence-electron chi connectivity index (χ4n) is 2.22. The molecule has 1 fully saturated rings.